The lowest BCUT2D eigenvalue weighted by molar-refractivity contribution is -0.142. The van der Waals surface area contributed by atoms with Gasteiger partial charge in [0, 0.05) is 5.56 Å². The second kappa shape index (κ2) is 7.64. The molecule has 6 nitrogen and oxygen atoms in total. The van der Waals surface area contributed by atoms with Crippen LogP contribution in [0.1, 0.15) is 5.56 Å². The maximum absolute atomic E-state index is 12.1. The van der Waals surface area contributed by atoms with Gasteiger partial charge in [-0.1, -0.05) is 11.8 Å². The van der Waals surface area contributed by atoms with Crippen molar-refractivity contribution in [2.24, 2.45) is 0 Å². The average molecular weight is 291 g/mol. The lowest BCUT2D eigenvalue weighted by atomic mass is 10.1. The van der Waals surface area contributed by atoms with Gasteiger partial charge in [-0.05, 0) is 18.2 Å². The molecule has 0 aliphatic carbocycles. The molecule has 1 saturated heterocycles. The van der Waals surface area contributed by atoms with Crippen LogP contribution >= 0.6 is 0 Å². The highest BCUT2D eigenvalue weighted by Gasteiger charge is 2.23. The van der Waals surface area contributed by atoms with E-state index in [1.54, 1.807) is 18.2 Å². The summed E-state index contributed by atoms with van der Waals surface area (Å²) in [5.41, 5.74) is 1.17. The number of benzene rings is 1. The van der Waals surface area contributed by atoms with Crippen molar-refractivity contribution in [3.63, 3.8) is 0 Å². The Bertz CT molecular complexity index is 555. The minimum Gasteiger partial charge on any atom is -0.495 e. The van der Waals surface area contributed by atoms with Gasteiger partial charge in [0.2, 0.25) is 0 Å². The number of nitrogens with one attached hydrogen (secondary N) is 1. The summed E-state index contributed by atoms with van der Waals surface area (Å²) >= 11 is 0. The van der Waals surface area contributed by atoms with E-state index in [-0.39, 0.29) is 19.1 Å². The van der Waals surface area contributed by atoms with Crippen LogP contribution in [0.2, 0.25) is 0 Å². The first-order valence-corrected chi connectivity index (χ1v) is 6.52. The normalized spacial score (nSPS) is 17.5. The van der Waals surface area contributed by atoms with Crippen molar-refractivity contribution in [2.75, 3.05) is 38.9 Å². The Hall–Kier alpha value is -2.07. The van der Waals surface area contributed by atoms with Crippen molar-refractivity contribution < 1.29 is 24.1 Å². The first-order chi connectivity index (χ1) is 10.2. The molecule has 0 aromatic heterocycles. The van der Waals surface area contributed by atoms with E-state index >= 15 is 0 Å². The Morgan fingerprint density at radius 1 is 1.52 bits per heavy atom. The second-order valence-corrected chi connectivity index (χ2v) is 4.30. The van der Waals surface area contributed by atoms with Crippen molar-refractivity contribution in [2.45, 2.75) is 6.10 Å². The zero-order valence-corrected chi connectivity index (χ0v) is 11.7. The van der Waals surface area contributed by atoms with Crippen LogP contribution in [0, 0.1) is 11.8 Å². The number of aliphatic hydroxyl groups is 1. The Morgan fingerprint density at radius 3 is 3.05 bits per heavy atom. The summed E-state index contributed by atoms with van der Waals surface area (Å²) in [4.78, 5) is 12.1. The van der Waals surface area contributed by atoms with Crippen molar-refractivity contribution in [1.29, 1.82) is 0 Å². The van der Waals surface area contributed by atoms with Crippen molar-refractivity contribution in [1.82, 2.24) is 0 Å². The zero-order chi connectivity index (χ0) is 15.1. The number of hydrogen-bond acceptors (Lipinski definition) is 5. The molecule has 2 rings (SSSR count). The summed E-state index contributed by atoms with van der Waals surface area (Å²) in [7, 11) is 1.52. The topological polar surface area (TPSA) is 77.0 Å². The summed E-state index contributed by atoms with van der Waals surface area (Å²) in [5.74, 6) is 5.56. The molecule has 0 saturated carbocycles. The van der Waals surface area contributed by atoms with E-state index in [1.807, 2.05) is 0 Å². The average Bonchev–Trinajstić information content (AvgIpc) is 2.54. The summed E-state index contributed by atoms with van der Waals surface area (Å²) in [6, 6.07) is 5.13. The molecule has 112 valence electrons. The minimum atomic E-state index is -0.629. The van der Waals surface area contributed by atoms with Crippen LogP contribution in [0.3, 0.4) is 0 Å². The predicted molar refractivity (Wildman–Crippen MR) is 76.1 cm³/mol. The number of rotatable bonds is 3. The van der Waals surface area contributed by atoms with Gasteiger partial charge in [-0.2, -0.15) is 0 Å². The minimum absolute atomic E-state index is 0.221. The first kappa shape index (κ1) is 15.3. The number of aliphatic hydroxyl groups excluding tert-OH is 1. The molecule has 1 heterocycles. The number of methoxy groups -OCH3 is 1. The Balaban J connectivity index is 2.14. The third-order valence-electron chi connectivity index (χ3n) is 2.88. The Morgan fingerprint density at radius 2 is 2.38 bits per heavy atom. The van der Waals surface area contributed by atoms with Gasteiger partial charge in [0.25, 0.3) is 5.91 Å². The molecule has 1 atom stereocenters. The van der Waals surface area contributed by atoms with Crippen molar-refractivity contribution >= 4 is 11.6 Å². The Kier molecular flexibility index (Phi) is 5.58. The smallest absolute Gasteiger partial charge is 0.256 e. The summed E-state index contributed by atoms with van der Waals surface area (Å²) in [6.45, 7) is 0.912. The molecule has 0 bridgehead atoms. The molecule has 1 aliphatic rings. The monoisotopic (exact) mass is 291 g/mol. The summed E-state index contributed by atoms with van der Waals surface area (Å²) < 4.78 is 15.8. The zero-order valence-electron chi connectivity index (χ0n) is 11.7. The van der Waals surface area contributed by atoms with Crippen LogP contribution in [0.5, 0.6) is 5.75 Å². The molecule has 1 aromatic carbocycles. The van der Waals surface area contributed by atoms with E-state index in [2.05, 4.69) is 17.2 Å². The molecular weight excluding hydrogens is 274 g/mol. The van der Waals surface area contributed by atoms with Gasteiger partial charge in [-0.25, -0.2) is 0 Å². The third-order valence-corrected chi connectivity index (χ3v) is 2.88. The van der Waals surface area contributed by atoms with E-state index in [0.29, 0.717) is 30.2 Å². The maximum Gasteiger partial charge on any atom is 0.256 e. The van der Waals surface area contributed by atoms with E-state index in [9.17, 15) is 4.79 Å². The van der Waals surface area contributed by atoms with Gasteiger partial charge in [-0.3, -0.25) is 4.79 Å². The predicted octanol–water partition coefficient (Wildman–Crippen LogP) is 0.393. The fourth-order valence-electron chi connectivity index (χ4n) is 1.88. The molecule has 1 amide bonds. The van der Waals surface area contributed by atoms with Gasteiger partial charge < -0.3 is 24.6 Å². The lowest BCUT2D eigenvalue weighted by Gasteiger charge is -2.22. The van der Waals surface area contributed by atoms with Gasteiger partial charge in [0.1, 0.15) is 12.4 Å². The molecule has 0 spiro atoms. The first-order valence-electron chi connectivity index (χ1n) is 6.52. The van der Waals surface area contributed by atoms with Gasteiger partial charge in [0.15, 0.2) is 6.10 Å². The van der Waals surface area contributed by atoms with Crippen molar-refractivity contribution in [3.8, 4) is 17.6 Å². The highest BCUT2D eigenvalue weighted by molar-refractivity contribution is 5.95. The molecular formula is C15H17NO5. The molecule has 21 heavy (non-hydrogen) atoms. The van der Waals surface area contributed by atoms with Crippen LogP contribution in [0.25, 0.3) is 0 Å². The highest BCUT2D eigenvalue weighted by atomic mass is 16.6. The summed E-state index contributed by atoms with van der Waals surface area (Å²) in [6.07, 6.45) is -0.629. The highest BCUT2D eigenvalue weighted by Crippen LogP contribution is 2.25. The number of ether oxygens (including phenoxy) is 3. The lowest BCUT2D eigenvalue weighted by Crippen LogP contribution is -2.39. The van der Waals surface area contributed by atoms with Crippen molar-refractivity contribution in [3.05, 3.63) is 23.8 Å². The fourth-order valence-corrected chi connectivity index (χ4v) is 1.88. The van der Waals surface area contributed by atoms with Crippen LogP contribution < -0.4 is 10.1 Å². The molecule has 6 heteroatoms. The molecule has 0 radical (unpaired) electrons. The third kappa shape index (κ3) is 4.20. The number of anilines is 1. The molecule has 1 aliphatic heterocycles. The number of carbonyl (C=O) groups excluding carboxylic acids is 1. The fraction of sp³-hybridized carbons (Fsp3) is 0.400. The molecule has 1 fully saturated rings. The number of amides is 1. The van der Waals surface area contributed by atoms with E-state index < -0.39 is 6.10 Å². The number of carbonyl (C=O) groups is 1. The molecule has 2 N–H and O–H groups in total. The van der Waals surface area contributed by atoms with Gasteiger partial charge in [-0.15, -0.1) is 0 Å². The largest absolute Gasteiger partial charge is 0.495 e. The van der Waals surface area contributed by atoms with Crippen LogP contribution in [0.4, 0.5) is 5.69 Å². The summed E-state index contributed by atoms with van der Waals surface area (Å²) in [5, 5.41) is 11.5. The van der Waals surface area contributed by atoms with E-state index in [0.717, 1.165) is 0 Å². The van der Waals surface area contributed by atoms with E-state index in [4.69, 9.17) is 19.3 Å². The molecule has 1 aromatic rings. The van der Waals surface area contributed by atoms with Gasteiger partial charge in [0.05, 0.1) is 32.6 Å². The standard InChI is InChI=1S/C15H17NO5/c1-19-13-5-4-11(3-2-6-17)9-12(13)16-15(18)14-10-20-7-8-21-14/h4-5,9,14,17H,6-8,10H2,1H3,(H,16,18). The number of hydrogen-bond donors (Lipinski definition) is 2. The maximum atomic E-state index is 12.1. The second-order valence-electron chi connectivity index (χ2n) is 4.30. The van der Waals surface area contributed by atoms with Crippen LogP contribution in [-0.2, 0) is 14.3 Å². The SMILES string of the molecule is COc1ccc(C#CCO)cc1NC(=O)C1COCCO1. The Labute approximate surface area is 123 Å². The van der Waals surface area contributed by atoms with Crippen LogP contribution in [0.15, 0.2) is 18.2 Å². The quantitative estimate of drug-likeness (QED) is 0.788. The van der Waals surface area contributed by atoms with E-state index in [1.165, 1.54) is 7.11 Å². The molecule has 1 unspecified atom stereocenters. The van der Waals surface area contributed by atoms with Crippen LogP contribution in [-0.4, -0.2) is 50.7 Å². The van der Waals surface area contributed by atoms with Gasteiger partial charge >= 0.3 is 0 Å².